The van der Waals surface area contributed by atoms with Gasteiger partial charge in [0.25, 0.3) is 5.91 Å². The molecule has 1 atom stereocenters. The zero-order valence-corrected chi connectivity index (χ0v) is 24.9. The number of halogens is 2. The molecule has 0 aliphatic carbocycles. The van der Waals surface area contributed by atoms with Crippen LogP contribution in [0.25, 0.3) is 0 Å². The summed E-state index contributed by atoms with van der Waals surface area (Å²) in [4.78, 5) is 15.2. The van der Waals surface area contributed by atoms with Crippen LogP contribution in [-0.4, -0.2) is 25.2 Å². The van der Waals surface area contributed by atoms with E-state index in [1.807, 2.05) is 30.3 Å². The highest BCUT2D eigenvalue weighted by Crippen LogP contribution is 2.52. The third-order valence-electron chi connectivity index (χ3n) is 7.74. The molecule has 6 rings (SSSR count). The lowest BCUT2D eigenvalue weighted by Crippen LogP contribution is -2.41. The fourth-order valence-corrected chi connectivity index (χ4v) is 8.29. The first kappa shape index (κ1) is 29.4. The molecule has 44 heavy (non-hydrogen) atoms. The summed E-state index contributed by atoms with van der Waals surface area (Å²) >= 11 is 0. The van der Waals surface area contributed by atoms with Crippen LogP contribution in [0.2, 0.25) is 0 Å². The van der Waals surface area contributed by atoms with Crippen LogP contribution in [0, 0.1) is 17.0 Å². The van der Waals surface area contributed by atoms with Gasteiger partial charge in [0.1, 0.15) is 41.5 Å². The molecular formula is C34H30F2N2O5S. The van der Waals surface area contributed by atoms with Crippen molar-refractivity contribution in [3.63, 3.8) is 0 Å². The molecule has 0 bridgehead atoms. The van der Waals surface area contributed by atoms with E-state index in [1.165, 1.54) is 48.5 Å². The summed E-state index contributed by atoms with van der Waals surface area (Å²) in [6.07, 6.45) is 0.244. The first-order chi connectivity index (χ1) is 20.9. The van der Waals surface area contributed by atoms with E-state index in [1.54, 1.807) is 13.8 Å². The summed E-state index contributed by atoms with van der Waals surface area (Å²) in [6.45, 7) is 3.79. The molecule has 2 heterocycles. The summed E-state index contributed by atoms with van der Waals surface area (Å²) in [5, 5.41) is 14.0. The Balaban J connectivity index is 1.56. The van der Waals surface area contributed by atoms with Gasteiger partial charge in [-0.15, -0.1) is 0 Å². The van der Waals surface area contributed by atoms with Gasteiger partial charge in [-0.05, 0) is 59.9 Å². The van der Waals surface area contributed by atoms with Crippen LogP contribution in [-0.2, 0) is 16.4 Å². The number of sulfone groups is 1. The molecule has 7 nitrogen and oxygen atoms in total. The molecule has 0 spiro atoms. The van der Waals surface area contributed by atoms with Crippen LogP contribution in [0.4, 0.5) is 20.2 Å². The molecule has 2 aliphatic rings. The number of ether oxygens (including phenoxy) is 1. The van der Waals surface area contributed by atoms with E-state index in [0.717, 1.165) is 22.6 Å². The van der Waals surface area contributed by atoms with E-state index in [4.69, 9.17) is 4.74 Å². The minimum atomic E-state index is -4.10. The van der Waals surface area contributed by atoms with Crippen LogP contribution in [0.5, 0.6) is 11.5 Å². The van der Waals surface area contributed by atoms with Gasteiger partial charge in [0, 0.05) is 22.9 Å². The minimum Gasteiger partial charge on any atom is -0.506 e. The molecular weight excluding hydrogens is 586 g/mol. The Morgan fingerprint density at radius 2 is 1.75 bits per heavy atom. The maximum atomic E-state index is 16.2. The van der Waals surface area contributed by atoms with Gasteiger partial charge >= 0.3 is 0 Å². The van der Waals surface area contributed by atoms with Gasteiger partial charge in [-0.3, -0.25) is 9.69 Å². The first-order valence-electron chi connectivity index (χ1n) is 14.0. The number of phenolic OH excluding ortho intramolecular Hbond substituents is 1. The first-order valence-corrected chi connectivity index (χ1v) is 15.7. The van der Waals surface area contributed by atoms with Crippen LogP contribution >= 0.6 is 0 Å². The largest absolute Gasteiger partial charge is 0.506 e. The van der Waals surface area contributed by atoms with Crippen molar-refractivity contribution in [2.75, 3.05) is 16.0 Å². The van der Waals surface area contributed by atoms with E-state index < -0.39 is 38.8 Å². The number of anilines is 2. The summed E-state index contributed by atoms with van der Waals surface area (Å²) in [5.74, 6) is -2.52. The Labute approximate surface area is 254 Å². The number of fused-ring (bicyclic) bond motifs is 1. The molecule has 0 radical (unpaired) electrons. The highest BCUT2D eigenvalue weighted by atomic mass is 32.2. The van der Waals surface area contributed by atoms with Crippen LogP contribution in [0.3, 0.4) is 0 Å². The molecule has 0 fully saturated rings. The average molecular weight is 617 g/mol. The summed E-state index contributed by atoms with van der Waals surface area (Å²) in [6, 6.07) is 21.3. The minimum absolute atomic E-state index is 0.0786. The van der Waals surface area contributed by atoms with Gasteiger partial charge in [0.15, 0.2) is 9.84 Å². The number of hydrogen-bond donors (Lipinski definition) is 2. The third kappa shape index (κ3) is 5.53. The van der Waals surface area contributed by atoms with Crippen LogP contribution in [0.1, 0.15) is 47.8 Å². The summed E-state index contributed by atoms with van der Waals surface area (Å²) < 4.78 is 64.6. The van der Waals surface area contributed by atoms with Crippen molar-refractivity contribution in [1.29, 1.82) is 0 Å². The molecule has 4 aromatic rings. The Kier molecular flexibility index (Phi) is 7.41. The molecule has 1 amide bonds. The van der Waals surface area contributed by atoms with Gasteiger partial charge in [-0.25, -0.2) is 17.2 Å². The number of rotatable bonds is 5. The van der Waals surface area contributed by atoms with Crippen molar-refractivity contribution in [3.8, 4) is 11.5 Å². The molecule has 2 aliphatic heterocycles. The SMILES string of the molecule is CC1(C)CC2=C(C(c3ccc(OCc4ccccc4)cc3F)N(C(=O)c3cccc(F)c3)c3cccc(O)c3N2)S(=O)(=O)C1. The normalized spacial score (nSPS) is 18.5. The predicted octanol–water partition coefficient (Wildman–Crippen LogP) is 7.12. The van der Waals surface area contributed by atoms with Crippen molar-refractivity contribution in [3.05, 3.63) is 130 Å². The molecule has 226 valence electrons. The summed E-state index contributed by atoms with van der Waals surface area (Å²) in [7, 11) is -4.10. The second-order valence-electron chi connectivity index (χ2n) is 11.8. The number of allylic oxidation sites excluding steroid dienone is 1. The highest BCUT2D eigenvalue weighted by molar-refractivity contribution is 7.95. The molecule has 1 unspecified atom stereocenters. The monoisotopic (exact) mass is 616 g/mol. The van der Waals surface area contributed by atoms with Gasteiger partial charge in [0.05, 0.1) is 16.3 Å². The average Bonchev–Trinajstić information content (AvgIpc) is 3.11. The Morgan fingerprint density at radius 1 is 1.00 bits per heavy atom. The maximum Gasteiger partial charge on any atom is 0.259 e. The van der Waals surface area contributed by atoms with Crippen LogP contribution in [0.15, 0.2) is 102 Å². The number of nitrogens with one attached hydrogen (secondary N) is 1. The van der Waals surface area contributed by atoms with Crippen molar-refractivity contribution in [2.24, 2.45) is 5.41 Å². The quantitative estimate of drug-likeness (QED) is 0.232. The lowest BCUT2D eigenvalue weighted by Gasteiger charge is -2.37. The van der Waals surface area contributed by atoms with E-state index in [-0.39, 0.29) is 63.4 Å². The zero-order valence-electron chi connectivity index (χ0n) is 24.1. The smallest absolute Gasteiger partial charge is 0.259 e. The van der Waals surface area contributed by atoms with E-state index in [0.29, 0.717) is 0 Å². The number of benzene rings is 4. The lowest BCUT2D eigenvalue weighted by atomic mass is 9.88. The number of carbonyl (C=O) groups is 1. The third-order valence-corrected chi connectivity index (χ3v) is 10.0. The number of carbonyl (C=O) groups excluding carboxylic acids is 1. The van der Waals surface area contributed by atoms with Gasteiger partial charge < -0.3 is 15.2 Å². The molecule has 2 N–H and O–H groups in total. The fraction of sp³-hybridized carbons (Fsp3) is 0.206. The van der Waals surface area contributed by atoms with E-state index in [9.17, 15) is 22.7 Å². The number of phenols is 1. The molecule has 0 saturated carbocycles. The van der Waals surface area contributed by atoms with Gasteiger partial charge in [-0.2, -0.15) is 0 Å². The predicted molar refractivity (Wildman–Crippen MR) is 164 cm³/mol. The number of hydrogen-bond acceptors (Lipinski definition) is 6. The maximum absolute atomic E-state index is 16.2. The second-order valence-corrected chi connectivity index (χ2v) is 13.7. The number of amides is 1. The van der Waals surface area contributed by atoms with Crippen molar-refractivity contribution < 1.29 is 31.8 Å². The van der Waals surface area contributed by atoms with E-state index >= 15 is 4.39 Å². The standard InChI is InChI=1S/C34H30F2N2O5S/c1-34(2)18-27-32(44(41,42)20-34)31(25-15-14-24(17-26(25)36)43-19-21-8-4-3-5-9-21)38(28-12-7-13-29(39)30(28)37-27)33(40)22-10-6-11-23(35)16-22/h3-17,31,37,39H,18-20H2,1-2H3. The Morgan fingerprint density at radius 3 is 2.48 bits per heavy atom. The highest BCUT2D eigenvalue weighted by Gasteiger charge is 2.48. The topological polar surface area (TPSA) is 95.9 Å². The van der Waals surface area contributed by atoms with Crippen molar-refractivity contribution in [1.82, 2.24) is 0 Å². The summed E-state index contributed by atoms with van der Waals surface area (Å²) in [5.41, 5.74) is 0.433. The second kappa shape index (κ2) is 11.1. The molecule has 0 aromatic heterocycles. The Hall–Kier alpha value is -4.70. The Bertz CT molecular complexity index is 1910. The lowest BCUT2D eigenvalue weighted by molar-refractivity contribution is 0.0980. The molecule has 10 heteroatoms. The number of para-hydroxylation sites is 1. The van der Waals surface area contributed by atoms with Crippen LogP contribution < -0.4 is 15.0 Å². The van der Waals surface area contributed by atoms with Crippen molar-refractivity contribution in [2.45, 2.75) is 32.9 Å². The van der Waals surface area contributed by atoms with Gasteiger partial charge in [0.2, 0.25) is 0 Å². The number of nitrogens with zero attached hydrogens (tertiary/aromatic N) is 1. The molecule has 4 aromatic carbocycles. The van der Waals surface area contributed by atoms with E-state index in [2.05, 4.69) is 5.32 Å². The number of aromatic hydroxyl groups is 1. The van der Waals surface area contributed by atoms with Gasteiger partial charge in [-0.1, -0.05) is 56.3 Å². The van der Waals surface area contributed by atoms with Crippen molar-refractivity contribution >= 4 is 27.1 Å². The fourth-order valence-electron chi connectivity index (χ4n) is 5.93. The zero-order chi connectivity index (χ0) is 31.2. The molecule has 0 saturated heterocycles.